The number of hydrazine groups is 1. The molecule has 3 N–H and O–H groups in total. The van der Waals surface area contributed by atoms with Crippen LogP contribution in [0.25, 0.3) is 0 Å². The van der Waals surface area contributed by atoms with Crippen molar-refractivity contribution in [2.45, 2.75) is 38.6 Å². The van der Waals surface area contributed by atoms with E-state index in [4.69, 9.17) is 5.84 Å². The highest BCUT2D eigenvalue weighted by atomic mass is 32.1. The van der Waals surface area contributed by atoms with Crippen LogP contribution in [0, 0.1) is 6.92 Å². The first-order valence-corrected chi connectivity index (χ1v) is 7.63. The summed E-state index contributed by atoms with van der Waals surface area (Å²) in [5.41, 5.74) is 8.32. The molecule has 0 saturated heterocycles. The standard InChI is InChI=1S/C15H19N3S/c1-10-17-14(9-19-10)8-15(18-16)13-6-5-11-3-2-4-12(11)7-13/h5-7,9,15,18H,2-4,8,16H2,1H3. The van der Waals surface area contributed by atoms with E-state index in [-0.39, 0.29) is 6.04 Å². The van der Waals surface area contributed by atoms with E-state index in [0.29, 0.717) is 0 Å². The lowest BCUT2D eigenvalue weighted by molar-refractivity contribution is 0.546. The average molecular weight is 273 g/mol. The Labute approximate surface area is 117 Å². The number of thiazole rings is 1. The van der Waals surface area contributed by atoms with E-state index in [1.54, 1.807) is 11.3 Å². The molecular weight excluding hydrogens is 254 g/mol. The van der Waals surface area contributed by atoms with Crippen molar-refractivity contribution in [3.8, 4) is 0 Å². The molecule has 0 aliphatic heterocycles. The molecule has 1 heterocycles. The van der Waals surface area contributed by atoms with Gasteiger partial charge >= 0.3 is 0 Å². The summed E-state index contributed by atoms with van der Waals surface area (Å²) in [6.07, 6.45) is 4.56. The van der Waals surface area contributed by atoms with Gasteiger partial charge in [-0.2, -0.15) is 0 Å². The highest BCUT2D eigenvalue weighted by molar-refractivity contribution is 7.09. The summed E-state index contributed by atoms with van der Waals surface area (Å²) in [4.78, 5) is 4.52. The number of fused-ring (bicyclic) bond motifs is 1. The van der Waals surface area contributed by atoms with Gasteiger partial charge in [-0.25, -0.2) is 4.98 Å². The average Bonchev–Trinajstić information content (AvgIpc) is 3.03. The molecule has 4 heteroatoms. The van der Waals surface area contributed by atoms with E-state index >= 15 is 0 Å². The van der Waals surface area contributed by atoms with E-state index in [0.717, 1.165) is 17.1 Å². The van der Waals surface area contributed by atoms with Crippen molar-refractivity contribution in [3.63, 3.8) is 0 Å². The lowest BCUT2D eigenvalue weighted by Crippen LogP contribution is -2.29. The Morgan fingerprint density at radius 3 is 2.95 bits per heavy atom. The number of hydrogen-bond donors (Lipinski definition) is 2. The van der Waals surface area contributed by atoms with Crippen molar-refractivity contribution in [1.29, 1.82) is 0 Å². The van der Waals surface area contributed by atoms with Gasteiger partial charge in [0.05, 0.1) is 16.7 Å². The summed E-state index contributed by atoms with van der Waals surface area (Å²) in [7, 11) is 0. The minimum atomic E-state index is 0.146. The zero-order valence-electron chi connectivity index (χ0n) is 11.1. The van der Waals surface area contributed by atoms with E-state index in [1.807, 2.05) is 6.92 Å². The largest absolute Gasteiger partial charge is 0.271 e. The fraction of sp³-hybridized carbons (Fsp3) is 0.400. The van der Waals surface area contributed by atoms with Gasteiger partial charge in [0.2, 0.25) is 0 Å². The van der Waals surface area contributed by atoms with Gasteiger partial charge in [0, 0.05) is 11.8 Å². The molecule has 100 valence electrons. The SMILES string of the molecule is Cc1nc(CC(NN)c2ccc3c(c2)CCC3)cs1. The molecule has 1 aromatic heterocycles. The second-order valence-corrected chi connectivity index (χ2v) is 6.23. The number of aryl methyl sites for hydroxylation is 3. The summed E-state index contributed by atoms with van der Waals surface area (Å²) < 4.78 is 0. The second kappa shape index (κ2) is 5.41. The molecule has 0 saturated carbocycles. The monoisotopic (exact) mass is 273 g/mol. The van der Waals surface area contributed by atoms with Crippen LogP contribution < -0.4 is 11.3 Å². The maximum absolute atomic E-state index is 5.73. The smallest absolute Gasteiger partial charge is 0.0897 e. The van der Waals surface area contributed by atoms with E-state index in [1.165, 1.54) is 36.0 Å². The molecule has 1 aliphatic carbocycles. The van der Waals surface area contributed by atoms with Crippen molar-refractivity contribution in [3.05, 3.63) is 51.0 Å². The molecule has 0 fully saturated rings. The third-order valence-electron chi connectivity index (χ3n) is 3.81. The first-order valence-electron chi connectivity index (χ1n) is 6.75. The van der Waals surface area contributed by atoms with Crippen LogP contribution in [0.4, 0.5) is 0 Å². The molecule has 3 nitrogen and oxygen atoms in total. The Kier molecular flexibility index (Phi) is 3.64. The number of rotatable bonds is 4. The Morgan fingerprint density at radius 1 is 1.37 bits per heavy atom. The molecule has 0 amide bonds. The van der Waals surface area contributed by atoms with Crippen LogP contribution in [0.3, 0.4) is 0 Å². The first kappa shape index (κ1) is 12.8. The van der Waals surface area contributed by atoms with Crippen molar-refractivity contribution >= 4 is 11.3 Å². The van der Waals surface area contributed by atoms with E-state index in [9.17, 15) is 0 Å². The van der Waals surface area contributed by atoms with Gasteiger partial charge in [0.25, 0.3) is 0 Å². The Morgan fingerprint density at radius 2 is 2.21 bits per heavy atom. The summed E-state index contributed by atoms with van der Waals surface area (Å²) in [6, 6.07) is 6.92. The van der Waals surface area contributed by atoms with Crippen LogP contribution in [0.15, 0.2) is 23.6 Å². The highest BCUT2D eigenvalue weighted by Crippen LogP contribution is 2.26. The predicted molar refractivity (Wildman–Crippen MR) is 79.1 cm³/mol. The summed E-state index contributed by atoms with van der Waals surface area (Å²) in [6.45, 7) is 2.04. The van der Waals surface area contributed by atoms with Crippen LogP contribution in [0.5, 0.6) is 0 Å². The predicted octanol–water partition coefficient (Wildman–Crippen LogP) is 2.69. The zero-order valence-corrected chi connectivity index (χ0v) is 12.0. The molecule has 1 atom stereocenters. The van der Waals surface area contributed by atoms with Crippen molar-refractivity contribution < 1.29 is 0 Å². The third kappa shape index (κ3) is 2.71. The van der Waals surface area contributed by atoms with Gasteiger partial charge < -0.3 is 0 Å². The number of nitrogens with one attached hydrogen (secondary N) is 1. The Hall–Kier alpha value is -1.23. The van der Waals surface area contributed by atoms with Gasteiger partial charge in [0.1, 0.15) is 0 Å². The zero-order chi connectivity index (χ0) is 13.2. The molecule has 0 spiro atoms. The van der Waals surface area contributed by atoms with Crippen LogP contribution >= 0.6 is 11.3 Å². The Bertz CT molecular complexity index is 577. The molecule has 1 aliphatic rings. The van der Waals surface area contributed by atoms with Gasteiger partial charge in [-0.15, -0.1) is 11.3 Å². The van der Waals surface area contributed by atoms with Crippen molar-refractivity contribution in [1.82, 2.24) is 10.4 Å². The van der Waals surface area contributed by atoms with Crippen LogP contribution in [-0.4, -0.2) is 4.98 Å². The van der Waals surface area contributed by atoms with Crippen molar-refractivity contribution in [2.24, 2.45) is 5.84 Å². The molecule has 1 aromatic carbocycles. The summed E-state index contributed by atoms with van der Waals surface area (Å²) in [5, 5.41) is 3.23. The number of hydrogen-bond acceptors (Lipinski definition) is 4. The molecule has 1 unspecified atom stereocenters. The fourth-order valence-corrected chi connectivity index (χ4v) is 3.42. The van der Waals surface area contributed by atoms with E-state index in [2.05, 4.69) is 34.0 Å². The second-order valence-electron chi connectivity index (χ2n) is 5.16. The number of nitrogens with zero attached hydrogens (tertiary/aromatic N) is 1. The molecular formula is C15H19N3S. The molecule has 3 rings (SSSR count). The summed E-state index contributed by atoms with van der Waals surface area (Å²) >= 11 is 1.69. The van der Waals surface area contributed by atoms with Crippen molar-refractivity contribution in [2.75, 3.05) is 0 Å². The van der Waals surface area contributed by atoms with Gasteiger partial charge in [-0.3, -0.25) is 11.3 Å². The van der Waals surface area contributed by atoms with Gasteiger partial charge in [0.15, 0.2) is 0 Å². The number of nitrogens with two attached hydrogens (primary N) is 1. The normalized spacial score (nSPS) is 15.5. The van der Waals surface area contributed by atoms with Gasteiger partial charge in [-0.1, -0.05) is 18.2 Å². The first-order chi connectivity index (χ1) is 9.26. The number of benzene rings is 1. The van der Waals surface area contributed by atoms with E-state index < -0.39 is 0 Å². The lowest BCUT2D eigenvalue weighted by Gasteiger charge is -2.16. The minimum Gasteiger partial charge on any atom is -0.271 e. The number of aromatic nitrogens is 1. The molecule has 0 bridgehead atoms. The molecule has 2 aromatic rings. The Balaban J connectivity index is 1.82. The van der Waals surface area contributed by atoms with Gasteiger partial charge in [-0.05, 0) is 42.9 Å². The lowest BCUT2D eigenvalue weighted by atomic mass is 9.98. The van der Waals surface area contributed by atoms with Crippen LogP contribution in [0.1, 0.15) is 39.9 Å². The minimum absolute atomic E-state index is 0.146. The topological polar surface area (TPSA) is 50.9 Å². The van der Waals surface area contributed by atoms with Crippen LogP contribution in [-0.2, 0) is 19.3 Å². The van der Waals surface area contributed by atoms with Crippen LogP contribution in [0.2, 0.25) is 0 Å². The molecule has 0 radical (unpaired) electrons. The third-order valence-corrected chi connectivity index (χ3v) is 4.63. The maximum Gasteiger partial charge on any atom is 0.0897 e. The molecule has 19 heavy (non-hydrogen) atoms. The maximum atomic E-state index is 5.73. The summed E-state index contributed by atoms with van der Waals surface area (Å²) in [5.74, 6) is 5.73. The highest BCUT2D eigenvalue weighted by Gasteiger charge is 2.16. The fourth-order valence-electron chi connectivity index (χ4n) is 2.79. The quantitative estimate of drug-likeness (QED) is 0.665.